The zero-order valence-corrected chi connectivity index (χ0v) is 20.9. The Labute approximate surface area is 209 Å². The minimum Gasteiger partial charge on any atom is -0.471 e. The maximum absolute atomic E-state index is 6.79. The average molecular weight is 478 g/mol. The molecule has 2 aliphatic rings. The summed E-state index contributed by atoms with van der Waals surface area (Å²) in [5.41, 5.74) is 6.87. The van der Waals surface area contributed by atoms with Gasteiger partial charge in [0.15, 0.2) is 0 Å². The number of ether oxygens (including phenoxy) is 1. The van der Waals surface area contributed by atoms with E-state index in [1.165, 1.54) is 32.7 Å². The normalized spacial score (nSPS) is 20.1. The minimum absolute atomic E-state index is 0.220. The molecule has 0 N–H and O–H groups in total. The standard InChI is InChI=1S/C30H27N3OS/c1-19-25-27-23(30(2,3)34-28(25)33(31-19)21-14-8-5-9-15-21)18-35-29-26(27)22-16-10-11-17-24(22)32(29)20-12-6-4-7-13-20/h4-17,23,27H,18H2,1-3H3/t23-,27-/m0/s1. The number of thioether (sulfide) groups is 1. The maximum atomic E-state index is 6.79. The third kappa shape index (κ3) is 2.97. The molecule has 2 aromatic heterocycles. The van der Waals surface area contributed by atoms with Crippen molar-refractivity contribution in [3.63, 3.8) is 0 Å². The Bertz CT molecular complexity index is 1570. The van der Waals surface area contributed by atoms with Gasteiger partial charge in [0.2, 0.25) is 5.88 Å². The fourth-order valence-electron chi connectivity index (χ4n) is 5.97. The number of hydrogen-bond donors (Lipinski definition) is 0. The molecular weight excluding hydrogens is 450 g/mol. The molecule has 4 heterocycles. The van der Waals surface area contributed by atoms with Crippen molar-refractivity contribution in [2.75, 3.05) is 5.75 Å². The van der Waals surface area contributed by atoms with Gasteiger partial charge in [-0.3, -0.25) is 0 Å². The highest BCUT2D eigenvalue weighted by Gasteiger charge is 2.51. The number of rotatable bonds is 2. The maximum Gasteiger partial charge on any atom is 0.221 e. The second-order valence-corrected chi connectivity index (χ2v) is 11.1. The summed E-state index contributed by atoms with van der Waals surface area (Å²) in [7, 11) is 0. The van der Waals surface area contributed by atoms with Gasteiger partial charge in [0.05, 0.1) is 21.9 Å². The van der Waals surface area contributed by atoms with E-state index >= 15 is 0 Å². The summed E-state index contributed by atoms with van der Waals surface area (Å²) < 4.78 is 11.2. The summed E-state index contributed by atoms with van der Waals surface area (Å²) >= 11 is 1.96. The van der Waals surface area contributed by atoms with Gasteiger partial charge in [-0.1, -0.05) is 54.6 Å². The van der Waals surface area contributed by atoms with E-state index in [4.69, 9.17) is 9.84 Å². The van der Waals surface area contributed by atoms with Crippen LogP contribution in [0.3, 0.4) is 0 Å². The predicted octanol–water partition coefficient (Wildman–Crippen LogP) is 7.15. The van der Waals surface area contributed by atoms with Crippen molar-refractivity contribution < 1.29 is 4.74 Å². The van der Waals surface area contributed by atoms with Crippen LogP contribution in [0.15, 0.2) is 90.0 Å². The SMILES string of the molecule is Cc1nn(-c2ccccc2)c2c1[C@H]1c3c(n(-c4ccccc4)c4ccccc34)SC[C@@H]1C(C)(C)O2. The summed E-state index contributed by atoms with van der Waals surface area (Å²) in [5, 5.41) is 7.68. The Morgan fingerprint density at radius 1 is 0.857 bits per heavy atom. The molecule has 0 radical (unpaired) electrons. The second kappa shape index (κ2) is 7.53. The summed E-state index contributed by atoms with van der Waals surface area (Å²) in [6, 6.07) is 29.9. The molecule has 174 valence electrons. The first-order valence-electron chi connectivity index (χ1n) is 12.2. The molecule has 3 aromatic carbocycles. The fourth-order valence-corrected chi connectivity index (χ4v) is 7.63. The van der Waals surface area contributed by atoms with Crippen molar-refractivity contribution in [1.29, 1.82) is 0 Å². The van der Waals surface area contributed by atoms with Crippen molar-refractivity contribution >= 4 is 22.7 Å². The Hall–Kier alpha value is -3.44. The first kappa shape index (κ1) is 20.9. The highest BCUT2D eigenvalue weighted by molar-refractivity contribution is 7.99. The number of aromatic nitrogens is 3. The average Bonchev–Trinajstić information content (AvgIpc) is 3.39. The quantitative estimate of drug-likeness (QED) is 0.271. The third-order valence-electron chi connectivity index (χ3n) is 7.62. The van der Waals surface area contributed by atoms with Crippen molar-refractivity contribution in [3.8, 4) is 17.3 Å². The van der Waals surface area contributed by atoms with E-state index in [0.717, 1.165) is 23.0 Å². The van der Waals surface area contributed by atoms with E-state index in [1.54, 1.807) is 0 Å². The molecule has 0 fully saturated rings. The topological polar surface area (TPSA) is 32.0 Å². The summed E-state index contributed by atoms with van der Waals surface area (Å²) in [5.74, 6) is 2.45. The van der Waals surface area contributed by atoms with Crippen LogP contribution in [0.5, 0.6) is 5.88 Å². The van der Waals surface area contributed by atoms with E-state index < -0.39 is 0 Å². The second-order valence-electron chi connectivity index (χ2n) is 10.1. The van der Waals surface area contributed by atoms with Gasteiger partial charge in [0.25, 0.3) is 0 Å². The molecule has 2 atom stereocenters. The lowest BCUT2D eigenvalue weighted by atomic mass is 9.72. The highest BCUT2D eigenvalue weighted by atomic mass is 32.2. The largest absolute Gasteiger partial charge is 0.471 e. The lowest BCUT2D eigenvalue weighted by molar-refractivity contribution is 0.0201. The highest BCUT2D eigenvalue weighted by Crippen LogP contribution is 2.58. The first-order valence-corrected chi connectivity index (χ1v) is 13.2. The molecule has 0 aliphatic carbocycles. The van der Waals surface area contributed by atoms with Crippen LogP contribution in [-0.2, 0) is 0 Å². The van der Waals surface area contributed by atoms with Crippen LogP contribution in [0, 0.1) is 12.8 Å². The fraction of sp³-hybridized carbons (Fsp3) is 0.233. The molecule has 0 amide bonds. The molecule has 0 bridgehead atoms. The van der Waals surface area contributed by atoms with E-state index in [2.05, 4.69) is 104 Å². The van der Waals surface area contributed by atoms with E-state index in [-0.39, 0.29) is 11.5 Å². The first-order chi connectivity index (χ1) is 17.0. The van der Waals surface area contributed by atoms with Crippen LogP contribution >= 0.6 is 11.8 Å². The molecule has 35 heavy (non-hydrogen) atoms. The van der Waals surface area contributed by atoms with Gasteiger partial charge in [-0.25, -0.2) is 4.68 Å². The molecule has 5 aromatic rings. The number of aryl methyl sites for hydroxylation is 1. The lowest BCUT2D eigenvalue weighted by Crippen LogP contribution is -2.47. The van der Waals surface area contributed by atoms with Gasteiger partial charge in [-0.05, 0) is 51.1 Å². The van der Waals surface area contributed by atoms with Crippen molar-refractivity contribution in [1.82, 2.24) is 14.3 Å². The molecule has 4 nitrogen and oxygen atoms in total. The predicted molar refractivity (Wildman–Crippen MR) is 142 cm³/mol. The van der Waals surface area contributed by atoms with Crippen molar-refractivity contribution in [2.24, 2.45) is 5.92 Å². The van der Waals surface area contributed by atoms with Gasteiger partial charge >= 0.3 is 0 Å². The van der Waals surface area contributed by atoms with Crippen molar-refractivity contribution in [3.05, 3.63) is 102 Å². The minimum atomic E-state index is -0.322. The molecule has 0 unspecified atom stereocenters. The van der Waals surface area contributed by atoms with Crippen molar-refractivity contribution in [2.45, 2.75) is 37.3 Å². The molecule has 5 heteroatoms. The zero-order valence-electron chi connectivity index (χ0n) is 20.1. The van der Waals surface area contributed by atoms with Crippen LogP contribution in [-0.4, -0.2) is 25.7 Å². The Balaban J connectivity index is 1.54. The summed E-state index contributed by atoms with van der Waals surface area (Å²) in [4.78, 5) is 0. The van der Waals surface area contributed by atoms with Gasteiger partial charge in [0.1, 0.15) is 5.60 Å². The lowest BCUT2D eigenvalue weighted by Gasteiger charge is -2.46. The molecule has 0 saturated heterocycles. The Morgan fingerprint density at radius 3 is 2.26 bits per heavy atom. The summed E-state index contributed by atoms with van der Waals surface area (Å²) in [6.45, 7) is 6.62. The van der Waals surface area contributed by atoms with Crippen LogP contribution in [0.25, 0.3) is 22.3 Å². The monoisotopic (exact) mass is 477 g/mol. The molecule has 0 spiro atoms. The molecular formula is C30H27N3OS. The number of hydrogen-bond acceptors (Lipinski definition) is 3. The number of fused-ring (bicyclic) bond motifs is 7. The molecule has 0 saturated carbocycles. The summed E-state index contributed by atoms with van der Waals surface area (Å²) in [6.07, 6.45) is 0. The van der Waals surface area contributed by atoms with Gasteiger partial charge in [0, 0.05) is 39.8 Å². The molecule has 2 aliphatic heterocycles. The van der Waals surface area contributed by atoms with Crippen LogP contribution in [0.2, 0.25) is 0 Å². The Morgan fingerprint density at radius 2 is 1.51 bits per heavy atom. The van der Waals surface area contributed by atoms with E-state index in [0.29, 0.717) is 5.92 Å². The zero-order chi connectivity index (χ0) is 23.7. The molecule has 7 rings (SSSR count). The van der Waals surface area contributed by atoms with Crippen LogP contribution in [0.1, 0.15) is 36.6 Å². The number of nitrogens with zero attached hydrogens (tertiary/aromatic N) is 3. The van der Waals surface area contributed by atoms with E-state index in [9.17, 15) is 0 Å². The van der Waals surface area contributed by atoms with Gasteiger partial charge in [-0.2, -0.15) is 5.10 Å². The van der Waals surface area contributed by atoms with Gasteiger partial charge < -0.3 is 9.30 Å². The van der Waals surface area contributed by atoms with Crippen LogP contribution < -0.4 is 4.74 Å². The smallest absolute Gasteiger partial charge is 0.221 e. The number of benzene rings is 3. The van der Waals surface area contributed by atoms with Gasteiger partial charge in [-0.15, -0.1) is 11.8 Å². The van der Waals surface area contributed by atoms with Crippen LogP contribution in [0.4, 0.5) is 0 Å². The van der Waals surface area contributed by atoms with E-state index in [1.807, 2.05) is 22.5 Å². The number of para-hydroxylation sites is 3. The third-order valence-corrected chi connectivity index (χ3v) is 8.82. The Kier molecular flexibility index (Phi) is 4.49.